The first kappa shape index (κ1) is 14.8. The molecular weight excluding hydrogens is 347 g/mol. The van der Waals surface area contributed by atoms with Crippen molar-refractivity contribution in [1.82, 2.24) is 14.8 Å². The van der Waals surface area contributed by atoms with E-state index in [4.69, 9.17) is 23.2 Å². The Morgan fingerprint density at radius 3 is 2.95 bits per heavy atom. The summed E-state index contributed by atoms with van der Waals surface area (Å²) in [5, 5.41) is 14.8. The Bertz CT molecular complexity index is 737. The summed E-state index contributed by atoms with van der Waals surface area (Å²) < 4.78 is 2.42. The van der Waals surface area contributed by atoms with E-state index in [1.54, 1.807) is 29.6 Å². The Hall–Kier alpha value is -1.13. The molecular formula is C13H8Cl2N4S2. The summed E-state index contributed by atoms with van der Waals surface area (Å²) in [6, 6.07) is 7.70. The van der Waals surface area contributed by atoms with Gasteiger partial charge in [-0.25, -0.2) is 9.67 Å². The fourth-order valence-electron chi connectivity index (χ4n) is 1.90. The molecule has 2 heterocycles. The van der Waals surface area contributed by atoms with E-state index in [0.29, 0.717) is 15.7 Å². The third-order valence-electron chi connectivity index (χ3n) is 2.87. The number of thioether (sulfide) groups is 2. The van der Waals surface area contributed by atoms with Crippen molar-refractivity contribution in [3.63, 3.8) is 0 Å². The van der Waals surface area contributed by atoms with E-state index in [2.05, 4.69) is 16.2 Å². The van der Waals surface area contributed by atoms with E-state index in [1.807, 2.05) is 12.1 Å². The molecule has 0 aliphatic carbocycles. The van der Waals surface area contributed by atoms with Gasteiger partial charge in [0.15, 0.2) is 5.70 Å². The van der Waals surface area contributed by atoms with Gasteiger partial charge >= 0.3 is 0 Å². The van der Waals surface area contributed by atoms with Gasteiger partial charge in [0.05, 0.1) is 4.24 Å². The van der Waals surface area contributed by atoms with Crippen LogP contribution in [0.1, 0.15) is 10.8 Å². The van der Waals surface area contributed by atoms with Gasteiger partial charge in [0.2, 0.25) is 0 Å². The van der Waals surface area contributed by atoms with Crippen LogP contribution in [0.5, 0.6) is 0 Å². The summed E-state index contributed by atoms with van der Waals surface area (Å²) in [5.74, 6) is 0.848. The van der Waals surface area contributed by atoms with Crippen molar-refractivity contribution in [2.24, 2.45) is 0 Å². The van der Waals surface area contributed by atoms with E-state index < -0.39 is 0 Å². The highest BCUT2D eigenvalue weighted by Gasteiger charge is 2.27. The standard InChI is InChI=1S/C13H8Cl2N4S2/c14-8-1-2-9(10(15)3-8)12-5-20-13(21-12)11(4-16)19-7-17-6-18-19/h1-3,6-7,12H,5H2/b13-11+/t12-/m0/s1. The Morgan fingerprint density at radius 1 is 1.43 bits per heavy atom. The predicted octanol–water partition coefficient (Wildman–Crippen LogP) is 4.46. The van der Waals surface area contributed by atoms with E-state index in [-0.39, 0.29) is 5.25 Å². The molecule has 0 N–H and O–H groups in total. The van der Waals surface area contributed by atoms with Gasteiger partial charge < -0.3 is 0 Å². The average Bonchev–Trinajstić information content (AvgIpc) is 3.12. The lowest BCUT2D eigenvalue weighted by atomic mass is 10.2. The molecule has 0 saturated carbocycles. The van der Waals surface area contributed by atoms with Crippen LogP contribution in [-0.2, 0) is 0 Å². The Balaban J connectivity index is 1.90. The van der Waals surface area contributed by atoms with Crippen molar-refractivity contribution in [3.8, 4) is 6.07 Å². The number of hydrogen-bond donors (Lipinski definition) is 0. The maximum atomic E-state index is 9.34. The van der Waals surface area contributed by atoms with Crippen LogP contribution in [0.15, 0.2) is 35.1 Å². The van der Waals surface area contributed by atoms with Crippen molar-refractivity contribution in [2.45, 2.75) is 5.25 Å². The van der Waals surface area contributed by atoms with Crippen molar-refractivity contribution < 1.29 is 0 Å². The molecule has 1 atom stereocenters. The summed E-state index contributed by atoms with van der Waals surface area (Å²) in [7, 11) is 0. The number of allylic oxidation sites excluding steroid dienone is 1. The number of rotatable bonds is 2. The third kappa shape index (κ3) is 3.06. The molecule has 1 aromatic carbocycles. The molecule has 2 aromatic rings. The monoisotopic (exact) mass is 354 g/mol. The van der Waals surface area contributed by atoms with E-state index >= 15 is 0 Å². The maximum absolute atomic E-state index is 9.34. The van der Waals surface area contributed by atoms with Crippen LogP contribution in [0.2, 0.25) is 10.0 Å². The number of nitriles is 1. The van der Waals surface area contributed by atoms with E-state index in [0.717, 1.165) is 15.6 Å². The topological polar surface area (TPSA) is 54.5 Å². The number of nitrogens with zero attached hydrogens (tertiary/aromatic N) is 4. The highest BCUT2D eigenvalue weighted by Crippen LogP contribution is 2.53. The number of halogens is 2. The van der Waals surface area contributed by atoms with Gasteiger partial charge in [0.1, 0.15) is 18.7 Å². The highest BCUT2D eigenvalue weighted by molar-refractivity contribution is 8.25. The first-order valence-corrected chi connectivity index (χ1v) is 8.55. The summed E-state index contributed by atoms with van der Waals surface area (Å²) in [6.07, 6.45) is 2.94. The fraction of sp³-hybridized carbons (Fsp3) is 0.154. The number of benzene rings is 1. The zero-order valence-corrected chi connectivity index (χ0v) is 13.7. The van der Waals surface area contributed by atoms with Gasteiger partial charge in [-0.1, -0.05) is 29.3 Å². The molecule has 21 heavy (non-hydrogen) atoms. The van der Waals surface area contributed by atoms with Gasteiger partial charge in [-0.3, -0.25) is 0 Å². The van der Waals surface area contributed by atoms with Crippen LogP contribution in [-0.4, -0.2) is 20.5 Å². The molecule has 1 saturated heterocycles. The Labute approximate surface area is 140 Å². The number of hydrogen-bond acceptors (Lipinski definition) is 5. The average molecular weight is 355 g/mol. The van der Waals surface area contributed by atoms with Crippen LogP contribution in [0.3, 0.4) is 0 Å². The van der Waals surface area contributed by atoms with Crippen molar-refractivity contribution in [3.05, 3.63) is 50.7 Å². The van der Waals surface area contributed by atoms with Crippen molar-refractivity contribution in [1.29, 1.82) is 5.26 Å². The second-order valence-electron chi connectivity index (χ2n) is 4.17. The van der Waals surface area contributed by atoms with E-state index in [9.17, 15) is 5.26 Å². The summed E-state index contributed by atoms with van der Waals surface area (Å²) >= 11 is 15.4. The Kier molecular flexibility index (Phi) is 4.45. The van der Waals surface area contributed by atoms with Crippen LogP contribution >= 0.6 is 46.7 Å². The summed E-state index contributed by atoms with van der Waals surface area (Å²) in [4.78, 5) is 3.88. The summed E-state index contributed by atoms with van der Waals surface area (Å²) in [6.45, 7) is 0. The quantitative estimate of drug-likeness (QED) is 0.745. The van der Waals surface area contributed by atoms with Gasteiger partial charge in [0, 0.05) is 21.0 Å². The fourth-order valence-corrected chi connectivity index (χ4v) is 5.41. The third-order valence-corrected chi connectivity index (χ3v) is 6.36. The minimum Gasteiger partial charge on any atom is -0.223 e. The highest BCUT2D eigenvalue weighted by atomic mass is 35.5. The lowest BCUT2D eigenvalue weighted by molar-refractivity contribution is 0.911. The Morgan fingerprint density at radius 2 is 2.29 bits per heavy atom. The number of aromatic nitrogens is 3. The van der Waals surface area contributed by atoms with Crippen LogP contribution in [0.4, 0.5) is 0 Å². The molecule has 1 aliphatic rings. The molecule has 1 fully saturated rings. The van der Waals surface area contributed by atoms with Crippen molar-refractivity contribution in [2.75, 3.05) is 5.75 Å². The SMILES string of the molecule is N#C/C(=C1/SC[C@@H](c2ccc(Cl)cc2Cl)S1)n1cncn1. The molecule has 0 radical (unpaired) electrons. The second-order valence-corrected chi connectivity index (χ2v) is 7.52. The molecule has 1 aromatic heterocycles. The molecule has 0 bridgehead atoms. The molecule has 8 heteroatoms. The predicted molar refractivity (Wildman–Crippen MR) is 88.1 cm³/mol. The molecule has 0 spiro atoms. The second kappa shape index (κ2) is 6.32. The van der Waals surface area contributed by atoms with Gasteiger partial charge in [0.25, 0.3) is 0 Å². The smallest absolute Gasteiger partial charge is 0.163 e. The minimum absolute atomic E-state index is 0.196. The van der Waals surface area contributed by atoms with Gasteiger partial charge in [-0.05, 0) is 17.7 Å². The molecule has 106 valence electrons. The minimum atomic E-state index is 0.196. The van der Waals surface area contributed by atoms with Crippen molar-refractivity contribution >= 4 is 52.4 Å². The largest absolute Gasteiger partial charge is 0.223 e. The zero-order valence-electron chi connectivity index (χ0n) is 10.5. The molecule has 3 rings (SSSR count). The molecule has 0 unspecified atom stereocenters. The summed E-state index contributed by atoms with van der Waals surface area (Å²) in [5.41, 5.74) is 1.53. The van der Waals surface area contributed by atoms with Crippen LogP contribution < -0.4 is 0 Å². The molecule has 4 nitrogen and oxygen atoms in total. The maximum Gasteiger partial charge on any atom is 0.163 e. The van der Waals surface area contributed by atoms with E-state index in [1.165, 1.54) is 17.3 Å². The van der Waals surface area contributed by atoms with Gasteiger partial charge in [-0.15, -0.1) is 23.5 Å². The lowest BCUT2D eigenvalue weighted by Gasteiger charge is -2.10. The first-order valence-electron chi connectivity index (χ1n) is 5.93. The van der Waals surface area contributed by atoms with Crippen LogP contribution in [0, 0.1) is 11.3 Å². The normalized spacial score (nSPS) is 20.3. The van der Waals surface area contributed by atoms with Crippen LogP contribution in [0.25, 0.3) is 5.70 Å². The molecule has 0 amide bonds. The zero-order chi connectivity index (χ0) is 14.8. The first-order chi connectivity index (χ1) is 10.2. The van der Waals surface area contributed by atoms with Gasteiger partial charge in [-0.2, -0.15) is 10.4 Å². The molecule has 1 aliphatic heterocycles. The lowest BCUT2D eigenvalue weighted by Crippen LogP contribution is -1.96.